The van der Waals surface area contributed by atoms with E-state index in [1.165, 1.54) is 0 Å². The summed E-state index contributed by atoms with van der Waals surface area (Å²) >= 11 is 1.55. The fourth-order valence-electron chi connectivity index (χ4n) is 4.27. The van der Waals surface area contributed by atoms with Crippen molar-refractivity contribution < 1.29 is 9.59 Å². The zero-order chi connectivity index (χ0) is 18.1. The van der Waals surface area contributed by atoms with Gasteiger partial charge in [0.05, 0.1) is 10.8 Å². The van der Waals surface area contributed by atoms with Crippen LogP contribution in [0.15, 0.2) is 11.4 Å². The molecule has 2 amide bonds. The summed E-state index contributed by atoms with van der Waals surface area (Å²) in [6.45, 7) is 5.65. The van der Waals surface area contributed by atoms with Crippen LogP contribution in [-0.2, 0) is 4.79 Å². The number of aryl methyl sites for hydroxylation is 1. The van der Waals surface area contributed by atoms with E-state index in [4.69, 9.17) is 0 Å². The summed E-state index contributed by atoms with van der Waals surface area (Å²) in [5, 5.41) is 5.17. The Hall–Kier alpha value is -1.40. The van der Waals surface area contributed by atoms with Crippen LogP contribution >= 0.6 is 11.3 Å². The number of nitrogens with one attached hydrogen (secondary N) is 1. The van der Waals surface area contributed by atoms with Gasteiger partial charge in [-0.2, -0.15) is 0 Å². The first kappa shape index (κ1) is 18.0. The fraction of sp³-hybridized carbons (Fsp3) is 0.700. The van der Waals surface area contributed by atoms with Gasteiger partial charge < -0.3 is 10.2 Å². The Kier molecular flexibility index (Phi) is 5.32. The number of likely N-dealkylation sites (tertiary alicyclic amines) is 2. The molecule has 1 saturated carbocycles. The van der Waals surface area contributed by atoms with Gasteiger partial charge in [-0.3, -0.25) is 14.5 Å². The number of nitrogens with zero attached hydrogens (tertiary/aromatic N) is 2. The Bertz CT molecular complexity index is 662. The molecular weight excluding hydrogens is 346 g/mol. The molecule has 3 aliphatic rings. The molecule has 1 aliphatic carbocycles. The highest BCUT2D eigenvalue weighted by molar-refractivity contribution is 7.12. The van der Waals surface area contributed by atoms with E-state index < -0.39 is 0 Å². The first-order valence-corrected chi connectivity index (χ1v) is 10.9. The van der Waals surface area contributed by atoms with E-state index in [0.717, 1.165) is 75.1 Å². The Morgan fingerprint density at radius 3 is 2.54 bits per heavy atom. The summed E-state index contributed by atoms with van der Waals surface area (Å²) in [5.41, 5.74) is 1.09. The second kappa shape index (κ2) is 7.69. The summed E-state index contributed by atoms with van der Waals surface area (Å²) < 4.78 is 0. The van der Waals surface area contributed by atoms with Crippen molar-refractivity contribution in [1.82, 2.24) is 15.1 Å². The van der Waals surface area contributed by atoms with E-state index in [2.05, 4.69) is 10.2 Å². The molecule has 2 saturated heterocycles. The number of hydrogen-bond donors (Lipinski definition) is 1. The van der Waals surface area contributed by atoms with Gasteiger partial charge in [0.1, 0.15) is 0 Å². The van der Waals surface area contributed by atoms with Gasteiger partial charge in [0.15, 0.2) is 0 Å². The molecule has 142 valence electrons. The molecule has 0 radical (unpaired) electrons. The molecule has 1 aromatic heterocycles. The number of carbonyl (C=O) groups excluding carboxylic acids is 2. The Labute approximate surface area is 159 Å². The molecule has 2 aliphatic heterocycles. The third kappa shape index (κ3) is 3.96. The van der Waals surface area contributed by atoms with E-state index in [-0.39, 0.29) is 17.7 Å². The second-order valence-corrected chi connectivity index (χ2v) is 8.99. The van der Waals surface area contributed by atoms with E-state index in [9.17, 15) is 9.59 Å². The lowest BCUT2D eigenvalue weighted by molar-refractivity contribution is -0.127. The van der Waals surface area contributed by atoms with Crippen LogP contribution in [0.2, 0.25) is 0 Å². The second-order valence-electron chi connectivity index (χ2n) is 8.07. The summed E-state index contributed by atoms with van der Waals surface area (Å²) in [4.78, 5) is 30.5. The molecule has 5 nitrogen and oxygen atoms in total. The van der Waals surface area contributed by atoms with Gasteiger partial charge in [-0.25, -0.2) is 0 Å². The minimum Gasteiger partial charge on any atom is -0.353 e. The maximum absolute atomic E-state index is 12.7. The predicted molar refractivity (Wildman–Crippen MR) is 103 cm³/mol. The summed E-state index contributed by atoms with van der Waals surface area (Å²) in [6.07, 6.45) is 6.47. The first-order chi connectivity index (χ1) is 12.6. The van der Waals surface area contributed by atoms with Crippen LogP contribution in [0, 0.1) is 12.8 Å². The van der Waals surface area contributed by atoms with Gasteiger partial charge in [-0.05, 0) is 69.0 Å². The fourth-order valence-corrected chi connectivity index (χ4v) is 5.16. The largest absolute Gasteiger partial charge is 0.353 e. The van der Waals surface area contributed by atoms with Crippen LogP contribution < -0.4 is 5.32 Å². The predicted octanol–water partition coefficient (Wildman–Crippen LogP) is 2.65. The molecule has 0 bridgehead atoms. The van der Waals surface area contributed by atoms with Gasteiger partial charge in [0.25, 0.3) is 5.91 Å². The van der Waals surface area contributed by atoms with Crippen LogP contribution in [0.5, 0.6) is 0 Å². The quantitative estimate of drug-likeness (QED) is 0.880. The highest BCUT2D eigenvalue weighted by Gasteiger charge is 2.34. The minimum absolute atomic E-state index is 0.151. The van der Waals surface area contributed by atoms with Gasteiger partial charge >= 0.3 is 0 Å². The van der Waals surface area contributed by atoms with Crippen molar-refractivity contribution in [1.29, 1.82) is 0 Å². The monoisotopic (exact) mass is 375 g/mol. The Morgan fingerprint density at radius 2 is 1.88 bits per heavy atom. The number of carbonyl (C=O) groups is 2. The molecule has 4 rings (SSSR count). The van der Waals surface area contributed by atoms with Crippen molar-refractivity contribution in [3.8, 4) is 0 Å². The number of thiophene rings is 1. The molecule has 0 aromatic carbocycles. The SMILES string of the molecule is Cc1ccsc1C(=O)N1CCC(N2CCCC(C(=O)NC3CC3)C2)CC1. The standard InChI is InChI=1S/C20H29N3O2S/c1-14-8-12-26-18(14)20(25)22-10-6-17(7-11-22)23-9-2-3-15(13-23)19(24)21-16-4-5-16/h8,12,15-17H,2-7,9-11,13H2,1H3,(H,21,24). The molecular formula is C20H29N3O2S. The third-order valence-corrected chi connectivity index (χ3v) is 7.08. The summed E-state index contributed by atoms with van der Waals surface area (Å²) in [5.74, 6) is 0.604. The lowest BCUT2D eigenvalue weighted by Crippen LogP contribution is -2.51. The lowest BCUT2D eigenvalue weighted by atomic mass is 9.93. The van der Waals surface area contributed by atoms with Crippen molar-refractivity contribution >= 4 is 23.2 Å². The van der Waals surface area contributed by atoms with Crippen molar-refractivity contribution in [2.24, 2.45) is 5.92 Å². The molecule has 1 aromatic rings. The number of hydrogen-bond acceptors (Lipinski definition) is 4. The van der Waals surface area contributed by atoms with Crippen molar-refractivity contribution in [2.45, 2.75) is 57.5 Å². The Morgan fingerprint density at radius 1 is 1.12 bits per heavy atom. The van der Waals surface area contributed by atoms with E-state index in [1.54, 1.807) is 11.3 Å². The number of amides is 2. The van der Waals surface area contributed by atoms with Crippen molar-refractivity contribution in [3.05, 3.63) is 21.9 Å². The normalized spacial score (nSPS) is 25.3. The smallest absolute Gasteiger partial charge is 0.264 e. The average Bonchev–Trinajstić information content (AvgIpc) is 3.39. The molecule has 6 heteroatoms. The first-order valence-electron chi connectivity index (χ1n) is 9.99. The number of rotatable bonds is 4. The minimum atomic E-state index is 0.151. The van der Waals surface area contributed by atoms with Gasteiger partial charge in [-0.15, -0.1) is 11.3 Å². The molecule has 3 fully saturated rings. The highest BCUT2D eigenvalue weighted by atomic mass is 32.1. The maximum atomic E-state index is 12.7. The van der Waals surface area contributed by atoms with Crippen molar-refractivity contribution in [2.75, 3.05) is 26.2 Å². The van der Waals surface area contributed by atoms with E-state index in [1.807, 2.05) is 23.3 Å². The number of piperidine rings is 2. The van der Waals surface area contributed by atoms with Crippen molar-refractivity contribution in [3.63, 3.8) is 0 Å². The average molecular weight is 376 g/mol. The van der Waals surface area contributed by atoms with Crippen LogP contribution in [-0.4, -0.2) is 59.9 Å². The molecule has 1 unspecified atom stereocenters. The van der Waals surface area contributed by atoms with Gasteiger partial charge in [-0.1, -0.05) is 0 Å². The zero-order valence-corrected chi connectivity index (χ0v) is 16.4. The third-order valence-electron chi connectivity index (χ3n) is 6.07. The molecule has 3 heterocycles. The topological polar surface area (TPSA) is 52.7 Å². The summed E-state index contributed by atoms with van der Waals surface area (Å²) in [6, 6.07) is 2.98. The molecule has 26 heavy (non-hydrogen) atoms. The van der Waals surface area contributed by atoms with E-state index in [0.29, 0.717) is 12.1 Å². The van der Waals surface area contributed by atoms with Crippen LogP contribution in [0.1, 0.15) is 53.8 Å². The molecule has 1 atom stereocenters. The Balaban J connectivity index is 1.29. The lowest BCUT2D eigenvalue weighted by Gasteiger charge is -2.42. The maximum Gasteiger partial charge on any atom is 0.264 e. The molecule has 1 N–H and O–H groups in total. The van der Waals surface area contributed by atoms with Gasteiger partial charge in [0, 0.05) is 31.7 Å². The summed E-state index contributed by atoms with van der Waals surface area (Å²) in [7, 11) is 0. The highest BCUT2D eigenvalue weighted by Crippen LogP contribution is 2.27. The zero-order valence-electron chi connectivity index (χ0n) is 15.6. The molecule has 0 spiro atoms. The van der Waals surface area contributed by atoms with Crippen LogP contribution in [0.25, 0.3) is 0 Å². The van der Waals surface area contributed by atoms with E-state index >= 15 is 0 Å². The van der Waals surface area contributed by atoms with Gasteiger partial charge in [0.2, 0.25) is 5.91 Å². The van der Waals surface area contributed by atoms with Crippen LogP contribution in [0.4, 0.5) is 0 Å². The van der Waals surface area contributed by atoms with Crippen LogP contribution in [0.3, 0.4) is 0 Å².